The van der Waals surface area contributed by atoms with Crippen LogP contribution in [0, 0.1) is 18.3 Å². The number of nitrogens with zero attached hydrogens (tertiary/aromatic N) is 1. The molecule has 0 aliphatic heterocycles. The molecule has 180 valence electrons. The first kappa shape index (κ1) is 26.1. The van der Waals surface area contributed by atoms with Crippen molar-refractivity contribution in [3.8, 4) is 17.6 Å². The minimum Gasteiger partial charge on any atom is -0.490 e. The summed E-state index contributed by atoms with van der Waals surface area (Å²) >= 11 is 12.2. The Balaban J connectivity index is 1.95. The molecule has 0 atom stereocenters. The molecule has 0 aliphatic rings. The van der Waals surface area contributed by atoms with Gasteiger partial charge >= 0.3 is 10.1 Å². The zero-order chi connectivity index (χ0) is 25.6. The second kappa shape index (κ2) is 11.3. The van der Waals surface area contributed by atoms with Crippen molar-refractivity contribution in [3.63, 3.8) is 0 Å². The molecule has 10 heteroatoms. The number of ether oxygens (including phenoxy) is 1. The molecule has 0 fully saturated rings. The largest absolute Gasteiger partial charge is 0.490 e. The van der Waals surface area contributed by atoms with E-state index in [9.17, 15) is 18.5 Å². The van der Waals surface area contributed by atoms with Gasteiger partial charge in [-0.05, 0) is 73.5 Å². The first-order valence-corrected chi connectivity index (χ1v) is 12.5. The van der Waals surface area contributed by atoms with Crippen LogP contribution in [0.4, 0.5) is 5.69 Å². The summed E-state index contributed by atoms with van der Waals surface area (Å²) < 4.78 is 36.3. The Bertz CT molecular complexity index is 1430. The van der Waals surface area contributed by atoms with Gasteiger partial charge in [0.05, 0.1) is 11.6 Å². The molecule has 0 aromatic heterocycles. The smallest absolute Gasteiger partial charge is 0.339 e. The molecule has 3 rings (SSSR count). The summed E-state index contributed by atoms with van der Waals surface area (Å²) in [5.41, 5.74) is 1.56. The number of para-hydroxylation sites is 1. The normalized spacial score (nSPS) is 11.5. The molecule has 3 aromatic rings. The van der Waals surface area contributed by atoms with Gasteiger partial charge in [-0.25, -0.2) is 0 Å². The van der Waals surface area contributed by atoms with Crippen molar-refractivity contribution < 1.29 is 22.1 Å². The van der Waals surface area contributed by atoms with Crippen LogP contribution < -0.4 is 14.2 Å². The van der Waals surface area contributed by atoms with Crippen LogP contribution in [0.3, 0.4) is 0 Å². The Morgan fingerprint density at radius 1 is 1.11 bits per heavy atom. The Kier molecular flexibility index (Phi) is 8.41. The van der Waals surface area contributed by atoms with Crippen LogP contribution in [0.2, 0.25) is 10.0 Å². The molecular weight excluding hydrogens is 511 g/mol. The number of halogens is 2. The van der Waals surface area contributed by atoms with E-state index in [0.717, 1.165) is 5.56 Å². The monoisotopic (exact) mass is 530 g/mol. The van der Waals surface area contributed by atoms with E-state index >= 15 is 0 Å². The molecule has 0 bridgehead atoms. The van der Waals surface area contributed by atoms with Gasteiger partial charge in [0, 0.05) is 10.7 Å². The minimum absolute atomic E-state index is 0.0281. The highest BCUT2D eigenvalue weighted by Crippen LogP contribution is 2.39. The zero-order valence-corrected chi connectivity index (χ0v) is 21.0. The number of nitriles is 1. The lowest BCUT2D eigenvalue weighted by Crippen LogP contribution is -2.14. The van der Waals surface area contributed by atoms with E-state index in [4.69, 9.17) is 32.1 Å². The average Bonchev–Trinajstić information content (AvgIpc) is 2.81. The van der Waals surface area contributed by atoms with Crippen molar-refractivity contribution in [1.29, 1.82) is 5.26 Å². The van der Waals surface area contributed by atoms with E-state index in [2.05, 4.69) is 5.32 Å². The van der Waals surface area contributed by atoms with E-state index < -0.39 is 16.0 Å². The molecule has 1 amide bonds. The number of benzene rings is 3. The molecule has 3 aromatic carbocycles. The molecular formula is C25H20Cl2N2O5S. The zero-order valence-electron chi connectivity index (χ0n) is 18.7. The van der Waals surface area contributed by atoms with Crippen LogP contribution in [-0.2, 0) is 14.9 Å². The number of aryl methyl sites for hydroxylation is 1. The molecule has 7 nitrogen and oxygen atoms in total. The molecule has 0 unspecified atom stereocenters. The Hall–Kier alpha value is -3.51. The summed E-state index contributed by atoms with van der Waals surface area (Å²) in [6, 6.07) is 17.3. The SMILES string of the molecule is CCOc1cc(/C=C(\C#N)C(=O)Nc2ccccc2C)cc(Cl)c1OS(=O)(=O)c1ccc(Cl)cc1. The molecule has 1 N–H and O–H groups in total. The summed E-state index contributed by atoms with van der Waals surface area (Å²) in [5, 5.41) is 12.5. The van der Waals surface area contributed by atoms with Crippen LogP contribution >= 0.6 is 23.2 Å². The van der Waals surface area contributed by atoms with Gasteiger partial charge in [-0.1, -0.05) is 41.4 Å². The van der Waals surface area contributed by atoms with Crippen LogP contribution in [0.15, 0.2) is 71.1 Å². The van der Waals surface area contributed by atoms with Crippen LogP contribution in [0.25, 0.3) is 6.08 Å². The van der Waals surface area contributed by atoms with Gasteiger partial charge in [0.25, 0.3) is 5.91 Å². The predicted octanol–water partition coefficient (Wildman–Crippen LogP) is 6.01. The predicted molar refractivity (Wildman–Crippen MR) is 135 cm³/mol. The Labute approximate surface area is 213 Å². The fourth-order valence-corrected chi connectivity index (χ4v) is 4.38. The second-order valence-electron chi connectivity index (χ2n) is 7.19. The summed E-state index contributed by atoms with van der Waals surface area (Å²) in [5.74, 6) is -0.801. The maximum absolute atomic E-state index is 12.7. The number of hydrogen-bond donors (Lipinski definition) is 1. The lowest BCUT2D eigenvalue weighted by molar-refractivity contribution is -0.112. The van der Waals surface area contributed by atoms with E-state index in [1.54, 1.807) is 19.1 Å². The number of nitrogens with one attached hydrogen (secondary N) is 1. The standard InChI is InChI=1S/C25H20Cl2N2O5S/c1-3-33-23-14-17(12-18(15-28)25(30)29-22-7-5-4-6-16(22)2)13-21(27)24(23)34-35(31,32)20-10-8-19(26)9-11-20/h4-14H,3H2,1-2H3,(H,29,30)/b18-12+. The Morgan fingerprint density at radius 3 is 2.43 bits per heavy atom. The van der Waals surface area contributed by atoms with E-state index in [-0.39, 0.29) is 33.6 Å². The minimum atomic E-state index is -4.24. The fraction of sp³-hybridized carbons (Fsp3) is 0.120. The molecule has 0 saturated carbocycles. The van der Waals surface area contributed by atoms with Gasteiger partial charge in [0.15, 0.2) is 5.75 Å². The highest BCUT2D eigenvalue weighted by Gasteiger charge is 2.23. The first-order valence-electron chi connectivity index (χ1n) is 10.3. The third-order valence-corrected chi connectivity index (χ3v) is 6.46. The van der Waals surface area contributed by atoms with Gasteiger partial charge in [-0.2, -0.15) is 13.7 Å². The van der Waals surface area contributed by atoms with Gasteiger partial charge in [-0.15, -0.1) is 0 Å². The molecule has 0 aliphatic carbocycles. The molecule has 0 radical (unpaired) electrons. The van der Waals surface area contributed by atoms with Crippen molar-refractivity contribution in [2.45, 2.75) is 18.7 Å². The van der Waals surface area contributed by atoms with Crippen molar-refractivity contribution in [2.24, 2.45) is 0 Å². The molecule has 0 saturated heterocycles. The number of carbonyl (C=O) groups is 1. The number of carbonyl (C=O) groups excluding carboxylic acids is 1. The molecule has 35 heavy (non-hydrogen) atoms. The average molecular weight is 531 g/mol. The second-order valence-corrected chi connectivity index (χ2v) is 9.58. The number of anilines is 1. The quantitative estimate of drug-likeness (QED) is 0.217. The van der Waals surface area contributed by atoms with Gasteiger partial charge in [0.1, 0.15) is 16.5 Å². The number of rotatable bonds is 8. The maximum Gasteiger partial charge on any atom is 0.339 e. The number of amides is 1. The third kappa shape index (κ3) is 6.55. The summed E-state index contributed by atoms with van der Waals surface area (Å²) in [6.45, 7) is 3.71. The van der Waals surface area contributed by atoms with Crippen molar-refractivity contribution in [2.75, 3.05) is 11.9 Å². The first-order chi connectivity index (χ1) is 16.6. The third-order valence-electron chi connectivity index (χ3n) is 4.70. The van der Waals surface area contributed by atoms with Crippen molar-refractivity contribution in [1.82, 2.24) is 0 Å². The van der Waals surface area contributed by atoms with Gasteiger partial charge in [0.2, 0.25) is 5.75 Å². The maximum atomic E-state index is 12.7. The van der Waals surface area contributed by atoms with Crippen molar-refractivity contribution in [3.05, 3.63) is 87.4 Å². The molecule has 0 heterocycles. The lowest BCUT2D eigenvalue weighted by atomic mass is 10.1. The van der Waals surface area contributed by atoms with E-state index in [1.165, 1.54) is 42.5 Å². The Morgan fingerprint density at radius 2 is 1.80 bits per heavy atom. The van der Waals surface area contributed by atoms with Gasteiger partial charge < -0.3 is 14.2 Å². The lowest BCUT2D eigenvalue weighted by Gasteiger charge is -2.14. The van der Waals surface area contributed by atoms with E-state index in [1.807, 2.05) is 25.1 Å². The highest BCUT2D eigenvalue weighted by atomic mass is 35.5. The van der Waals surface area contributed by atoms with E-state index in [0.29, 0.717) is 16.3 Å². The summed E-state index contributed by atoms with van der Waals surface area (Å²) in [7, 11) is -4.24. The summed E-state index contributed by atoms with van der Waals surface area (Å²) in [6.07, 6.45) is 1.32. The van der Waals surface area contributed by atoms with Crippen LogP contribution in [-0.4, -0.2) is 20.9 Å². The number of hydrogen-bond acceptors (Lipinski definition) is 6. The summed E-state index contributed by atoms with van der Waals surface area (Å²) in [4.78, 5) is 12.5. The van der Waals surface area contributed by atoms with Gasteiger partial charge in [-0.3, -0.25) is 4.79 Å². The topological polar surface area (TPSA) is 105 Å². The highest BCUT2D eigenvalue weighted by molar-refractivity contribution is 7.87. The van der Waals surface area contributed by atoms with Crippen LogP contribution in [0.5, 0.6) is 11.5 Å². The fourth-order valence-electron chi connectivity index (χ4n) is 2.99. The van der Waals surface area contributed by atoms with Crippen molar-refractivity contribution >= 4 is 51.0 Å². The van der Waals surface area contributed by atoms with Crippen LogP contribution in [0.1, 0.15) is 18.1 Å². The molecule has 0 spiro atoms.